The third-order valence-corrected chi connectivity index (χ3v) is 2.95. The molecule has 5 nitrogen and oxygen atoms in total. The lowest BCUT2D eigenvalue weighted by Crippen LogP contribution is -2.29. The Balaban J connectivity index is 2.48. The van der Waals surface area contributed by atoms with Gasteiger partial charge in [0.05, 0.1) is 20.3 Å². The predicted molar refractivity (Wildman–Crippen MR) is 72.9 cm³/mol. The lowest BCUT2D eigenvalue weighted by atomic mass is 9.99. The van der Waals surface area contributed by atoms with Gasteiger partial charge in [0.2, 0.25) is 0 Å². The molecule has 1 aromatic carbocycles. The molecule has 0 radical (unpaired) electrons. The number of nitrogens with two attached hydrogens (primary N) is 1. The van der Waals surface area contributed by atoms with Crippen LogP contribution in [-0.2, 0) is 0 Å². The van der Waals surface area contributed by atoms with Crippen LogP contribution in [0.5, 0.6) is 11.5 Å². The van der Waals surface area contributed by atoms with Gasteiger partial charge in [-0.05, 0) is 35.9 Å². The van der Waals surface area contributed by atoms with Gasteiger partial charge in [0.25, 0.3) is 0 Å². The number of methoxy groups -OCH3 is 2. The van der Waals surface area contributed by atoms with E-state index in [1.165, 1.54) is 0 Å². The predicted octanol–water partition coefficient (Wildman–Crippen LogP) is 1.65. The van der Waals surface area contributed by atoms with Crippen LogP contribution in [0.3, 0.4) is 0 Å². The van der Waals surface area contributed by atoms with E-state index in [4.69, 9.17) is 15.3 Å². The minimum absolute atomic E-state index is 0.187. The number of aromatic nitrogens is 1. The Morgan fingerprint density at radius 3 is 2.42 bits per heavy atom. The summed E-state index contributed by atoms with van der Waals surface area (Å²) in [5, 5.41) is 0. The van der Waals surface area contributed by atoms with Crippen LogP contribution in [-0.4, -0.2) is 19.2 Å². The number of hydrogen-bond donors (Lipinski definition) is 2. The molecular formula is C14H17N3O2. The summed E-state index contributed by atoms with van der Waals surface area (Å²) in [6.45, 7) is 0. The van der Waals surface area contributed by atoms with Gasteiger partial charge < -0.3 is 9.47 Å². The Morgan fingerprint density at radius 2 is 1.84 bits per heavy atom. The zero-order valence-corrected chi connectivity index (χ0v) is 11.0. The molecule has 0 saturated carbocycles. The summed E-state index contributed by atoms with van der Waals surface area (Å²) >= 11 is 0. The Kier molecular flexibility index (Phi) is 4.33. The molecule has 0 spiro atoms. The molecule has 0 aliphatic carbocycles. The highest BCUT2D eigenvalue weighted by Crippen LogP contribution is 2.32. The first-order valence-electron chi connectivity index (χ1n) is 5.88. The summed E-state index contributed by atoms with van der Waals surface area (Å²) in [4.78, 5) is 4.01. The summed E-state index contributed by atoms with van der Waals surface area (Å²) < 4.78 is 10.6. The minimum atomic E-state index is -0.187. The minimum Gasteiger partial charge on any atom is -0.497 e. The molecule has 19 heavy (non-hydrogen) atoms. The highest BCUT2D eigenvalue weighted by molar-refractivity contribution is 5.45. The summed E-state index contributed by atoms with van der Waals surface area (Å²) in [7, 11) is 3.26. The molecule has 0 bridgehead atoms. The highest BCUT2D eigenvalue weighted by Gasteiger charge is 2.17. The fourth-order valence-electron chi connectivity index (χ4n) is 1.99. The molecule has 0 aliphatic rings. The van der Waals surface area contributed by atoms with E-state index in [2.05, 4.69) is 10.4 Å². The first-order chi connectivity index (χ1) is 9.30. The summed E-state index contributed by atoms with van der Waals surface area (Å²) in [6, 6.07) is 9.24. The lowest BCUT2D eigenvalue weighted by Gasteiger charge is -2.20. The molecule has 2 aromatic rings. The summed E-state index contributed by atoms with van der Waals surface area (Å²) in [5.74, 6) is 7.19. The molecule has 100 valence electrons. The van der Waals surface area contributed by atoms with Crippen molar-refractivity contribution < 1.29 is 9.47 Å². The Hall–Kier alpha value is -2.11. The van der Waals surface area contributed by atoms with Crippen molar-refractivity contribution in [3.05, 3.63) is 53.9 Å². The Morgan fingerprint density at radius 1 is 1.11 bits per heavy atom. The van der Waals surface area contributed by atoms with E-state index in [1.807, 2.05) is 30.3 Å². The van der Waals surface area contributed by atoms with E-state index >= 15 is 0 Å². The summed E-state index contributed by atoms with van der Waals surface area (Å²) in [6.07, 6.45) is 3.46. The van der Waals surface area contributed by atoms with Crippen molar-refractivity contribution in [1.29, 1.82) is 0 Å². The van der Waals surface area contributed by atoms with Crippen molar-refractivity contribution in [3.8, 4) is 11.5 Å². The van der Waals surface area contributed by atoms with Crippen LogP contribution in [0, 0.1) is 0 Å². The fourth-order valence-corrected chi connectivity index (χ4v) is 1.99. The number of benzene rings is 1. The molecule has 0 fully saturated rings. The second kappa shape index (κ2) is 6.17. The van der Waals surface area contributed by atoms with Crippen molar-refractivity contribution in [3.63, 3.8) is 0 Å². The van der Waals surface area contributed by atoms with Crippen LogP contribution in [0.15, 0.2) is 42.7 Å². The van der Waals surface area contributed by atoms with Crippen molar-refractivity contribution in [2.45, 2.75) is 6.04 Å². The second-order valence-corrected chi connectivity index (χ2v) is 3.99. The van der Waals surface area contributed by atoms with Gasteiger partial charge in [0.15, 0.2) is 0 Å². The SMILES string of the molecule is COc1ccc(OC)c(C(NN)c2ccncc2)c1. The van der Waals surface area contributed by atoms with Crippen molar-refractivity contribution in [2.24, 2.45) is 5.84 Å². The van der Waals surface area contributed by atoms with E-state index in [0.29, 0.717) is 0 Å². The van der Waals surface area contributed by atoms with Gasteiger partial charge >= 0.3 is 0 Å². The number of ether oxygens (including phenoxy) is 2. The molecule has 0 amide bonds. The molecule has 3 N–H and O–H groups in total. The van der Waals surface area contributed by atoms with Gasteiger partial charge in [-0.2, -0.15) is 0 Å². The van der Waals surface area contributed by atoms with E-state index in [9.17, 15) is 0 Å². The number of pyridine rings is 1. The topological polar surface area (TPSA) is 69.4 Å². The fraction of sp³-hybridized carbons (Fsp3) is 0.214. The highest BCUT2D eigenvalue weighted by atomic mass is 16.5. The molecule has 1 atom stereocenters. The molecule has 0 saturated heterocycles. The number of rotatable bonds is 5. The maximum atomic E-state index is 5.69. The normalized spacial score (nSPS) is 11.9. The molecule has 1 unspecified atom stereocenters. The summed E-state index contributed by atoms with van der Waals surface area (Å²) in [5.41, 5.74) is 4.71. The van der Waals surface area contributed by atoms with Crippen LogP contribution >= 0.6 is 0 Å². The average molecular weight is 259 g/mol. The van der Waals surface area contributed by atoms with E-state index in [-0.39, 0.29) is 6.04 Å². The second-order valence-electron chi connectivity index (χ2n) is 3.99. The quantitative estimate of drug-likeness (QED) is 0.631. The Bertz CT molecular complexity index is 531. The van der Waals surface area contributed by atoms with Crippen LogP contribution < -0.4 is 20.7 Å². The number of nitrogens with zero attached hydrogens (tertiary/aromatic N) is 1. The molecule has 1 heterocycles. The zero-order chi connectivity index (χ0) is 13.7. The molecular weight excluding hydrogens is 242 g/mol. The number of hydrogen-bond acceptors (Lipinski definition) is 5. The third-order valence-electron chi connectivity index (χ3n) is 2.95. The molecule has 0 aliphatic heterocycles. The Labute approximate surface area is 112 Å². The molecule has 5 heteroatoms. The first kappa shape index (κ1) is 13.3. The maximum Gasteiger partial charge on any atom is 0.124 e. The third kappa shape index (κ3) is 2.83. The lowest BCUT2D eigenvalue weighted by molar-refractivity contribution is 0.394. The number of hydrazine groups is 1. The largest absolute Gasteiger partial charge is 0.497 e. The van der Waals surface area contributed by atoms with Gasteiger partial charge in [-0.3, -0.25) is 10.8 Å². The van der Waals surface area contributed by atoms with Gasteiger partial charge in [0, 0.05) is 18.0 Å². The number of nitrogens with one attached hydrogen (secondary N) is 1. The van der Waals surface area contributed by atoms with Gasteiger partial charge in [0.1, 0.15) is 11.5 Å². The van der Waals surface area contributed by atoms with Crippen molar-refractivity contribution in [2.75, 3.05) is 14.2 Å². The molecule has 1 aromatic heterocycles. The first-order valence-corrected chi connectivity index (χ1v) is 5.88. The maximum absolute atomic E-state index is 5.69. The van der Waals surface area contributed by atoms with E-state index < -0.39 is 0 Å². The standard InChI is InChI=1S/C14H17N3O2/c1-18-11-3-4-13(19-2)12(9-11)14(17-15)10-5-7-16-8-6-10/h3-9,14,17H,15H2,1-2H3. The van der Waals surface area contributed by atoms with Gasteiger partial charge in [-0.1, -0.05) is 0 Å². The van der Waals surface area contributed by atoms with Crippen molar-refractivity contribution >= 4 is 0 Å². The van der Waals surface area contributed by atoms with E-state index in [0.717, 1.165) is 22.6 Å². The van der Waals surface area contributed by atoms with E-state index in [1.54, 1.807) is 26.6 Å². The van der Waals surface area contributed by atoms with Crippen LogP contribution in [0.4, 0.5) is 0 Å². The van der Waals surface area contributed by atoms with Crippen LogP contribution in [0.2, 0.25) is 0 Å². The zero-order valence-electron chi connectivity index (χ0n) is 11.0. The van der Waals surface area contributed by atoms with Gasteiger partial charge in [-0.25, -0.2) is 5.43 Å². The smallest absolute Gasteiger partial charge is 0.124 e. The average Bonchev–Trinajstić information content (AvgIpc) is 2.49. The molecule has 2 rings (SSSR count). The van der Waals surface area contributed by atoms with Crippen LogP contribution in [0.25, 0.3) is 0 Å². The van der Waals surface area contributed by atoms with Gasteiger partial charge in [-0.15, -0.1) is 0 Å². The van der Waals surface area contributed by atoms with Crippen molar-refractivity contribution in [1.82, 2.24) is 10.4 Å². The monoisotopic (exact) mass is 259 g/mol. The van der Waals surface area contributed by atoms with Crippen LogP contribution in [0.1, 0.15) is 17.2 Å².